The molecule has 0 spiro atoms. The predicted molar refractivity (Wildman–Crippen MR) is 77.9 cm³/mol. The number of carbonyl (C=O) groups is 1. The summed E-state index contributed by atoms with van der Waals surface area (Å²) in [7, 11) is 0. The first-order valence-corrected chi connectivity index (χ1v) is 6.79. The van der Waals surface area contributed by atoms with Crippen LogP contribution in [0.3, 0.4) is 0 Å². The molecule has 0 aliphatic heterocycles. The van der Waals surface area contributed by atoms with Gasteiger partial charge in [-0.15, -0.1) is 0 Å². The number of hydrogen-bond donors (Lipinski definition) is 0. The minimum Gasteiger partial charge on any atom is -0.550 e. The SMILES string of the molecule is CC(C(=O)[O-])c1ccc2oc(-c3ccc(Cl)cc3)nc2c1.[Na+]. The molecule has 0 N–H and O–H groups in total. The standard InChI is InChI=1S/C16H12ClNO3.Na/c1-9(16(19)20)11-4-7-14-13(8-11)18-15(21-14)10-2-5-12(17)6-3-10;/h2-9H,1H3,(H,19,20);/q;+1/p-1. The molecule has 1 atom stereocenters. The van der Waals surface area contributed by atoms with Crippen LogP contribution in [-0.4, -0.2) is 11.0 Å². The number of carboxylic acids is 1. The molecule has 0 amide bonds. The van der Waals surface area contributed by atoms with Gasteiger partial charge in [0.25, 0.3) is 0 Å². The Kier molecular flexibility index (Phi) is 5.29. The molecule has 0 aliphatic carbocycles. The molecule has 0 fully saturated rings. The van der Waals surface area contributed by atoms with E-state index in [-0.39, 0.29) is 29.6 Å². The number of oxazole rings is 1. The average molecular weight is 324 g/mol. The fourth-order valence-electron chi connectivity index (χ4n) is 2.07. The molecule has 1 heterocycles. The summed E-state index contributed by atoms with van der Waals surface area (Å²) in [6.45, 7) is 1.58. The molecule has 0 bridgehead atoms. The van der Waals surface area contributed by atoms with Crippen LogP contribution in [0.5, 0.6) is 0 Å². The van der Waals surface area contributed by atoms with Crippen molar-refractivity contribution < 1.29 is 43.9 Å². The normalized spacial score (nSPS) is 11.9. The number of benzene rings is 2. The van der Waals surface area contributed by atoms with Gasteiger partial charge in [-0.2, -0.15) is 0 Å². The van der Waals surface area contributed by atoms with Gasteiger partial charge in [0, 0.05) is 22.5 Å². The van der Waals surface area contributed by atoms with Gasteiger partial charge in [0.2, 0.25) is 5.89 Å². The van der Waals surface area contributed by atoms with Crippen LogP contribution in [0.4, 0.5) is 0 Å². The van der Waals surface area contributed by atoms with Crippen molar-refractivity contribution in [2.45, 2.75) is 12.8 Å². The Balaban J connectivity index is 0.00000176. The van der Waals surface area contributed by atoms with E-state index >= 15 is 0 Å². The second-order valence-corrected chi connectivity index (χ2v) is 5.23. The maximum absolute atomic E-state index is 10.9. The van der Waals surface area contributed by atoms with Crippen molar-refractivity contribution in [2.24, 2.45) is 0 Å². The zero-order valence-electron chi connectivity index (χ0n) is 12.2. The second-order valence-electron chi connectivity index (χ2n) is 4.79. The van der Waals surface area contributed by atoms with Crippen LogP contribution in [0.1, 0.15) is 18.4 Å². The quantitative estimate of drug-likeness (QED) is 0.637. The molecule has 106 valence electrons. The maximum Gasteiger partial charge on any atom is 1.00 e. The summed E-state index contributed by atoms with van der Waals surface area (Å²) >= 11 is 5.85. The maximum atomic E-state index is 10.9. The van der Waals surface area contributed by atoms with Crippen molar-refractivity contribution in [3.05, 3.63) is 53.1 Å². The predicted octanol–water partition coefficient (Wildman–Crippen LogP) is 0.00560. The van der Waals surface area contributed by atoms with Crippen LogP contribution in [0.15, 0.2) is 46.9 Å². The summed E-state index contributed by atoms with van der Waals surface area (Å²) in [4.78, 5) is 15.3. The van der Waals surface area contributed by atoms with Gasteiger partial charge in [0.15, 0.2) is 5.58 Å². The zero-order chi connectivity index (χ0) is 15.0. The number of carboxylic acid groups (broad SMARTS) is 1. The molecule has 0 saturated carbocycles. The minimum absolute atomic E-state index is 0. The van der Waals surface area contributed by atoms with Gasteiger partial charge >= 0.3 is 29.6 Å². The summed E-state index contributed by atoms with van der Waals surface area (Å²) in [6.07, 6.45) is 0. The van der Waals surface area contributed by atoms with Gasteiger partial charge < -0.3 is 14.3 Å². The molecule has 0 radical (unpaired) electrons. The molecule has 1 unspecified atom stereocenters. The number of rotatable bonds is 3. The molecule has 2 aromatic carbocycles. The molecule has 0 saturated heterocycles. The third-order valence-corrected chi connectivity index (χ3v) is 3.61. The molecule has 1 aromatic heterocycles. The van der Waals surface area contributed by atoms with Crippen LogP contribution >= 0.6 is 11.6 Å². The number of fused-ring (bicyclic) bond motifs is 1. The van der Waals surface area contributed by atoms with Crippen molar-refractivity contribution in [1.29, 1.82) is 0 Å². The van der Waals surface area contributed by atoms with Gasteiger partial charge in [0.05, 0.1) is 0 Å². The molecule has 0 aliphatic rings. The van der Waals surface area contributed by atoms with E-state index in [9.17, 15) is 9.90 Å². The number of halogens is 1. The van der Waals surface area contributed by atoms with E-state index in [1.54, 1.807) is 37.3 Å². The first kappa shape index (κ1) is 17.0. The van der Waals surface area contributed by atoms with Crippen molar-refractivity contribution in [2.75, 3.05) is 0 Å². The summed E-state index contributed by atoms with van der Waals surface area (Å²) in [5.74, 6) is -1.33. The number of carbonyl (C=O) groups excluding carboxylic acids is 1. The van der Waals surface area contributed by atoms with E-state index in [0.717, 1.165) is 5.56 Å². The minimum atomic E-state index is -1.12. The summed E-state index contributed by atoms with van der Waals surface area (Å²) in [5.41, 5.74) is 2.67. The van der Waals surface area contributed by atoms with Crippen LogP contribution in [0.25, 0.3) is 22.6 Å². The van der Waals surface area contributed by atoms with Crippen LogP contribution in [0.2, 0.25) is 5.02 Å². The summed E-state index contributed by atoms with van der Waals surface area (Å²) in [6, 6.07) is 12.3. The molecule has 3 rings (SSSR count). The average Bonchev–Trinajstić information content (AvgIpc) is 2.89. The van der Waals surface area contributed by atoms with Gasteiger partial charge in [-0.3, -0.25) is 0 Å². The number of aromatic nitrogens is 1. The van der Waals surface area contributed by atoms with Crippen LogP contribution in [-0.2, 0) is 4.79 Å². The van der Waals surface area contributed by atoms with Crippen LogP contribution < -0.4 is 34.7 Å². The Morgan fingerprint density at radius 3 is 2.55 bits per heavy atom. The first-order valence-electron chi connectivity index (χ1n) is 6.42. The van der Waals surface area contributed by atoms with Crippen LogP contribution in [0, 0.1) is 0 Å². The Hall–Kier alpha value is -1.33. The number of aliphatic carboxylic acids is 1. The van der Waals surface area contributed by atoms with Crippen molar-refractivity contribution >= 4 is 28.7 Å². The topological polar surface area (TPSA) is 66.2 Å². The van der Waals surface area contributed by atoms with E-state index < -0.39 is 11.9 Å². The summed E-state index contributed by atoms with van der Waals surface area (Å²) in [5, 5.41) is 11.6. The van der Waals surface area contributed by atoms with E-state index in [2.05, 4.69) is 4.98 Å². The smallest absolute Gasteiger partial charge is 0.550 e. The third-order valence-electron chi connectivity index (χ3n) is 3.36. The molecule has 4 nitrogen and oxygen atoms in total. The monoisotopic (exact) mass is 323 g/mol. The number of hydrogen-bond acceptors (Lipinski definition) is 4. The fourth-order valence-corrected chi connectivity index (χ4v) is 2.19. The second kappa shape index (κ2) is 6.84. The first-order chi connectivity index (χ1) is 10.0. The van der Waals surface area contributed by atoms with Crippen molar-refractivity contribution in [3.8, 4) is 11.5 Å². The number of nitrogens with zero attached hydrogens (tertiary/aromatic N) is 1. The summed E-state index contributed by atoms with van der Waals surface area (Å²) < 4.78 is 5.67. The molecular formula is C16H11ClNNaO3. The van der Waals surface area contributed by atoms with Gasteiger partial charge in [0.1, 0.15) is 5.52 Å². The molecule has 22 heavy (non-hydrogen) atoms. The Morgan fingerprint density at radius 2 is 1.91 bits per heavy atom. The molecule has 6 heteroatoms. The van der Waals surface area contributed by atoms with Gasteiger partial charge in [-0.25, -0.2) is 4.98 Å². The van der Waals surface area contributed by atoms with Gasteiger partial charge in [-0.05, 0) is 42.0 Å². The molecule has 3 aromatic rings. The third kappa shape index (κ3) is 3.36. The van der Waals surface area contributed by atoms with E-state index in [1.807, 2.05) is 12.1 Å². The zero-order valence-corrected chi connectivity index (χ0v) is 14.9. The van der Waals surface area contributed by atoms with Gasteiger partial charge in [-0.1, -0.05) is 24.6 Å². The fraction of sp³-hybridized carbons (Fsp3) is 0.125. The van der Waals surface area contributed by atoms with E-state index in [1.165, 1.54) is 0 Å². The van der Waals surface area contributed by atoms with Crippen molar-refractivity contribution in [1.82, 2.24) is 4.98 Å². The Morgan fingerprint density at radius 1 is 1.23 bits per heavy atom. The Bertz CT molecular complexity index is 814. The molecular weight excluding hydrogens is 313 g/mol. The van der Waals surface area contributed by atoms with E-state index in [0.29, 0.717) is 27.6 Å². The van der Waals surface area contributed by atoms with Crippen molar-refractivity contribution in [3.63, 3.8) is 0 Å². The largest absolute Gasteiger partial charge is 1.00 e. The Labute approximate surface area is 154 Å². The van der Waals surface area contributed by atoms with E-state index in [4.69, 9.17) is 16.0 Å².